The quantitative estimate of drug-likeness (QED) is 0.526. The standard InChI is InChI=1S/C28H36N2O6/c31-25(27(33)34)29-22-9-1-2-10-23(22)30(26(32)28(35)36)21-14-18-7-4-8-19(15-21)24(18)20-12-16-5-3-6-17(11-16)13-20/h1-2,9-10,16-21,24H,3-8,11-15H2,(H,29,31)(H,33,34)(H,35,36)/t16-,17+,18?,19?,20+,21?,24?. The molecule has 5 atom stereocenters. The summed E-state index contributed by atoms with van der Waals surface area (Å²) in [6.07, 6.45) is 13.0. The molecule has 8 nitrogen and oxygen atoms in total. The fraction of sp³-hybridized carbons (Fsp3) is 0.643. The van der Waals surface area contributed by atoms with E-state index in [1.165, 1.54) is 55.9 Å². The Hall–Kier alpha value is -2.90. The molecule has 0 spiro atoms. The van der Waals surface area contributed by atoms with Crippen LogP contribution in [0.3, 0.4) is 0 Å². The van der Waals surface area contributed by atoms with E-state index in [-0.39, 0.29) is 17.4 Å². The maximum atomic E-state index is 13.0. The lowest BCUT2D eigenvalue weighted by molar-refractivity contribution is -0.149. The predicted octanol–water partition coefficient (Wildman–Crippen LogP) is 4.54. The predicted molar refractivity (Wildman–Crippen MR) is 133 cm³/mol. The number of anilines is 2. The molecule has 5 rings (SSSR count). The van der Waals surface area contributed by atoms with Gasteiger partial charge in [0.15, 0.2) is 0 Å². The number of fused-ring (bicyclic) bond motifs is 4. The van der Waals surface area contributed by atoms with Crippen LogP contribution in [0, 0.1) is 35.5 Å². The summed E-state index contributed by atoms with van der Waals surface area (Å²) >= 11 is 0. The minimum atomic E-state index is -1.65. The van der Waals surface area contributed by atoms with Gasteiger partial charge in [0.25, 0.3) is 0 Å². The Morgan fingerprint density at radius 3 is 1.97 bits per heavy atom. The number of carbonyl (C=O) groups excluding carboxylic acids is 2. The van der Waals surface area contributed by atoms with E-state index in [9.17, 15) is 24.3 Å². The van der Waals surface area contributed by atoms with Crippen molar-refractivity contribution in [2.75, 3.05) is 10.2 Å². The second kappa shape index (κ2) is 10.2. The van der Waals surface area contributed by atoms with Crippen molar-refractivity contribution in [3.63, 3.8) is 0 Å². The highest BCUT2D eigenvalue weighted by molar-refractivity contribution is 6.39. The third kappa shape index (κ3) is 4.87. The molecule has 0 aromatic heterocycles. The Morgan fingerprint density at radius 1 is 0.750 bits per heavy atom. The van der Waals surface area contributed by atoms with Gasteiger partial charge in [0.2, 0.25) is 0 Å². The van der Waals surface area contributed by atoms with Gasteiger partial charge < -0.3 is 15.5 Å². The summed E-state index contributed by atoms with van der Waals surface area (Å²) in [5, 5.41) is 21.1. The maximum Gasteiger partial charge on any atom is 0.394 e. The second-order valence-corrected chi connectivity index (χ2v) is 11.5. The molecule has 4 bridgehead atoms. The zero-order chi connectivity index (χ0) is 25.4. The van der Waals surface area contributed by atoms with Crippen molar-refractivity contribution in [1.29, 1.82) is 0 Å². The van der Waals surface area contributed by atoms with Crippen LogP contribution in [0.5, 0.6) is 0 Å². The number of carbonyl (C=O) groups is 4. The zero-order valence-corrected chi connectivity index (χ0v) is 20.6. The summed E-state index contributed by atoms with van der Waals surface area (Å²) in [6, 6.07) is 6.08. The number of nitrogens with one attached hydrogen (secondary N) is 1. The van der Waals surface area contributed by atoms with Gasteiger partial charge in [-0.15, -0.1) is 0 Å². The Bertz CT molecular complexity index is 1010. The minimum absolute atomic E-state index is 0.131. The number of rotatable bonds is 4. The van der Waals surface area contributed by atoms with Gasteiger partial charge in [-0.05, 0) is 79.7 Å². The zero-order valence-electron chi connectivity index (χ0n) is 20.6. The Balaban J connectivity index is 1.42. The van der Waals surface area contributed by atoms with Crippen molar-refractivity contribution in [3.8, 4) is 0 Å². The highest BCUT2D eigenvalue weighted by atomic mass is 16.4. The molecule has 0 saturated heterocycles. The number of benzene rings is 1. The number of amides is 2. The van der Waals surface area contributed by atoms with Crippen LogP contribution in [-0.4, -0.2) is 40.0 Å². The second-order valence-electron chi connectivity index (χ2n) is 11.5. The van der Waals surface area contributed by atoms with Gasteiger partial charge in [-0.2, -0.15) is 0 Å². The Labute approximate surface area is 211 Å². The molecule has 0 aliphatic heterocycles. The largest absolute Gasteiger partial charge is 0.474 e. The SMILES string of the molecule is O=C(O)C(=O)Nc1ccccc1N(C(=O)C(=O)O)C1CC2CCCC(C1)C2[C@H]1C[C@@H]2CCC[C@@H](C2)C1. The molecule has 1 aromatic carbocycles. The van der Waals surface area contributed by atoms with Gasteiger partial charge in [0.05, 0.1) is 11.4 Å². The third-order valence-electron chi connectivity index (χ3n) is 9.47. The molecule has 4 aliphatic rings. The highest BCUT2D eigenvalue weighted by Crippen LogP contribution is 2.55. The molecule has 0 heterocycles. The highest BCUT2D eigenvalue weighted by Gasteiger charge is 2.48. The summed E-state index contributed by atoms with van der Waals surface area (Å²) in [5.41, 5.74) is 0.375. The molecule has 0 radical (unpaired) electrons. The van der Waals surface area contributed by atoms with Gasteiger partial charge in [0.1, 0.15) is 0 Å². The van der Waals surface area contributed by atoms with Crippen LogP contribution in [0.25, 0.3) is 0 Å². The van der Waals surface area contributed by atoms with Crippen LogP contribution >= 0.6 is 0 Å². The van der Waals surface area contributed by atoms with Gasteiger partial charge in [0, 0.05) is 6.04 Å². The summed E-state index contributed by atoms with van der Waals surface area (Å²) in [7, 11) is 0. The van der Waals surface area contributed by atoms with Crippen molar-refractivity contribution in [1.82, 2.24) is 0 Å². The van der Waals surface area contributed by atoms with Gasteiger partial charge in [-0.25, -0.2) is 9.59 Å². The van der Waals surface area contributed by atoms with Crippen molar-refractivity contribution in [2.45, 2.75) is 76.7 Å². The van der Waals surface area contributed by atoms with Crippen LogP contribution in [0.1, 0.15) is 70.6 Å². The minimum Gasteiger partial charge on any atom is -0.474 e. The Kier molecular flexibility index (Phi) is 7.04. The first-order valence-electron chi connectivity index (χ1n) is 13.5. The molecule has 194 valence electrons. The lowest BCUT2D eigenvalue weighted by atomic mass is 9.54. The molecule has 4 aliphatic carbocycles. The molecule has 1 aromatic rings. The Morgan fingerprint density at radius 2 is 1.36 bits per heavy atom. The summed E-state index contributed by atoms with van der Waals surface area (Å²) in [4.78, 5) is 49.3. The first kappa shape index (κ1) is 24.8. The van der Waals surface area contributed by atoms with E-state index in [1.54, 1.807) is 18.2 Å². The summed E-state index contributed by atoms with van der Waals surface area (Å²) < 4.78 is 0. The smallest absolute Gasteiger partial charge is 0.394 e. The normalized spacial score (nSPS) is 33.3. The van der Waals surface area contributed by atoms with Crippen LogP contribution in [-0.2, 0) is 19.2 Å². The molecule has 8 heteroatoms. The fourth-order valence-electron chi connectivity index (χ4n) is 8.38. The van der Waals surface area contributed by atoms with Crippen LogP contribution in [0.15, 0.2) is 24.3 Å². The van der Waals surface area contributed by atoms with Crippen LogP contribution in [0.4, 0.5) is 11.4 Å². The molecular weight excluding hydrogens is 460 g/mol. The lowest BCUT2D eigenvalue weighted by Gasteiger charge is -2.53. The van der Waals surface area contributed by atoms with Gasteiger partial charge >= 0.3 is 23.8 Å². The number of hydrogen-bond acceptors (Lipinski definition) is 4. The fourth-order valence-corrected chi connectivity index (χ4v) is 8.38. The van der Waals surface area contributed by atoms with E-state index in [1.807, 2.05) is 0 Å². The molecule has 2 amide bonds. The third-order valence-corrected chi connectivity index (χ3v) is 9.47. The average Bonchev–Trinajstić information content (AvgIpc) is 2.84. The number of para-hydroxylation sites is 2. The van der Waals surface area contributed by atoms with Crippen molar-refractivity contribution in [2.24, 2.45) is 35.5 Å². The number of aliphatic carboxylic acids is 2. The number of nitrogens with zero attached hydrogens (tertiary/aromatic N) is 1. The monoisotopic (exact) mass is 496 g/mol. The molecule has 4 fully saturated rings. The van der Waals surface area contributed by atoms with Crippen molar-refractivity contribution in [3.05, 3.63) is 24.3 Å². The molecule has 2 unspecified atom stereocenters. The van der Waals surface area contributed by atoms with E-state index in [0.717, 1.165) is 43.4 Å². The van der Waals surface area contributed by atoms with Gasteiger partial charge in [-0.3, -0.25) is 14.5 Å². The van der Waals surface area contributed by atoms with E-state index in [0.29, 0.717) is 17.8 Å². The molecular formula is C28H36N2O6. The molecule has 4 saturated carbocycles. The van der Waals surface area contributed by atoms with Gasteiger partial charge in [-0.1, -0.05) is 50.7 Å². The van der Waals surface area contributed by atoms with Crippen LogP contribution < -0.4 is 10.2 Å². The first-order valence-corrected chi connectivity index (χ1v) is 13.5. The van der Waals surface area contributed by atoms with E-state index in [2.05, 4.69) is 5.32 Å². The summed E-state index contributed by atoms with van der Waals surface area (Å²) in [6.45, 7) is 0. The lowest BCUT2D eigenvalue weighted by Crippen LogP contribution is -2.52. The van der Waals surface area contributed by atoms with Crippen molar-refractivity contribution >= 4 is 35.1 Å². The van der Waals surface area contributed by atoms with Crippen LogP contribution in [0.2, 0.25) is 0 Å². The van der Waals surface area contributed by atoms with E-state index < -0.39 is 23.8 Å². The molecule has 36 heavy (non-hydrogen) atoms. The van der Waals surface area contributed by atoms with E-state index >= 15 is 0 Å². The number of carboxylic acid groups (broad SMARTS) is 2. The van der Waals surface area contributed by atoms with E-state index in [4.69, 9.17) is 5.11 Å². The first-order chi connectivity index (χ1) is 17.3. The average molecular weight is 497 g/mol. The van der Waals surface area contributed by atoms with Crippen molar-refractivity contribution < 1.29 is 29.4 Å². The molecule has 3 N–H and O–H groups in total. The maximum absolute atomic E-state index is 13.0. The number of hydrogen-bond donors (Lipinski definition) is 3. The summed E-state index contributed by atoms with van der Waals surface area (Å²) in [5.74, 6) is -1.47. The topological polar surface area (TPSA) is 124 Å². The number of carboxylic acids is 2.